The maximum Gasteiger partial charge on any atom is 0.209 e. The number of carbonyl (C=O) groups excluding carboxylic acids is 1. The van der Waals surface area contributed by atoms with Crippen molar-refractivity contribution >= 4 is 61.1 Å². The van der Waals surface area contributed by atoms with Crippen LogP contribution < -0.4 is 5.32 Å². The van der Waals surface area contributed by atoms with Crippen LogP contribution in [0.25, 0.3) is 21.3 Å². The van der Waals surface area contributed by atoms with Crippen molar-refractivity contribution in [2.75, 3.05) is 11.9 Å². The van der Waals surface area contributed by atoms with Gasteiger partial charge in [-0.2, -0.15) is 0 Å². The van der Waals surface area contributed by atoms with E-state index in [1.54, 1.807) is 0 Å². The number of fused-ring (bicyclic) bond motifs is 2. The maximum absolute atomic E-state index is 12.3. The molecule has 0 unspecified atom stereocenters. The molecule has 0 atom stereocenters. The summed E-state index contributed by atoms with van der Waals surface area (Å²) in [5.41, 5.74) is 3.21. The highest BCUT2D eigenvalue weighted by atomic mass is 35.5. The number of carbonyl (C=O) groups is 1. The van der Waals surface area contributed by atoms with Gasteiger partial charge in [0.25, 0.3) is 0 Å². The lowest BCUT2D eigenvalue weighted by molar-refractivity contribution is 0.0977. The fourth-order valence-electron chi connectivity index (χ4n) is 3.07. The Labute approximate surface area is 170 Å². The average molecular weight is 415 g/mol. The number of anilines is 2. The number of nitrogens with one attached hydrogen (secondary N) is 1. The van der Waals surface area contributed by atoms with E-state index in [1.807, 2.05) is 48.0 Å². The second kappa shape index (κ2) is 7.87. The van der Waals surface area contributed by atoms with Crippen LogP contribution in [0.5, 0.6) is 0 Å². The topological polar surface area (TPSA) is 80.0 Å². The molecule has 0 amide bonds. The number of imidazole rings is 1. The minimum absolute atomic E-state index is 0.0681. The van der Waals surface area contributed by atoms with Gasteiger partial charge in [0.2, 0.25) is 5.95 Å². The van der Waals surface area contributed by atoms with Crippen molar-refractivity contribution < 1.29 is 9.90 Å². The Morgan fingerprint density at radius 2 is 2.04 bits per heavy atom. The lowest BCUT2D eigenvalue weighted by Crippen LogP contribution is -2.00. The van der Waals surface area contributed by atoms with Crippen molar-refractivity contribution in [3.05, 3.63) is 47.0 Å². The van der Waals surface area contributed by atoms with Crippen molar-refractivity contribution in [2.24, 2.45) is 7.05 Å². The molecule has 0 aliphatic heterocycles. The van der Waals surface area contributed by atoms with Gasteiger partial charge in [-0.1, -0.05) is 22.9 Å². The van der Waals surface area contributed by atoms with Gasteiger partial charge in [-0.3, -0.25) is 4.79 Å². The highest BCUT2D eigenvalue weighted by Gasteiger charge is 2.13. The molecule has 0 aliphatic carbocycles. The Balaban J connectivity index is 1.60. The van der Waals surface area contributed by atoms with Gasteiger partial charge >= 0.3 is 0 Å². The van der Waals surface area contributed by atoms with Crippen molar-refractivity contribution in [1.82, 2.24) is 14.5 Å². The van der Waals surface area contributed by atoms with Gasteiger partial charge in [0.1, 0.15) is 0 Å². The highest BCUT2D eigenvalue weighted by molar-refractivity contribution is 7.22. The number of ketones is 1. The molecule has 0 spiro atoms. The standard InChI is InChI=1S/C20H19ClN4O2S/c1-25-16-8-5-12(17(27)4-2-3-9-26)10-15(16)22-19(25)24-20-23-14-7-6-13(21)11-18(14)28-20/h5-8,10-11,26H,2-4,9H2,1H3,(H,22,23,24). The molecule has 2 heterocycles. The van der Waals surface area contributed by atoms with Crippen LogP contribution in [0.4, 0.5) is 11.1 Å². The van der Waals surface area contributed by atoms with Crippen LogP contribution in [-0.4, -0.2) is 32.0 Å². The van der Waals surface area contributed by atoms with E-state index in [-0.39, 0.29) is 12.4 Å². The van der Waals surface area contributed by atoms with Crippen LogP contribution in [0.15, 0.2) is 36.4 Å². The van der Waals surface area contributed by atoms with Gasteiger partial charge in [0.05, 0.1) is 21.3 Å². The Bertz CT molecular complexity index is 1170. The molecule has 0 bridgehead atoms. The molecule has 2 aromatic carbocycles. The van der Waals surface area contributed by atoms with Crippen LogP contribution in [0.3, 0.4) is 0 Å². The van der Waals surface area contributed by atoms with Crippen LogP contribution in [-0.2, 0) is 7.05 Å². The quantitative estimate of drug-likeness (QED) is 0.331. The first kappa shape index (κ1) is 18.9. The highest BCUT2D eigenvalue weighted by Crippen LogP contribution is 2.31. The number of thiazole rings is 1. The first-order valence-corrected chi connectivity index (χ1v) is 10.2. The van der Waals surface area contributed by atoms with Crippen molar-refractivity contribution in [2.45, 2.75) is 19.3 Å². The number of aliphatic hydroxyl groups excluding tert-OH is 1. The number of benzene rings is 2. The predicted molar refractivity (Wildman–Crippen MR) is 114 cm³/mol. The number of aromatic nitrogens is 3. The Hall–Kier alpha value is -2.48. The van der Waals surface area contributed by atoms with Crippen molar-refractivity contribution in [3.63, 3.8) is 0 Å². The largest absolute Gasteiger partial charge is 0.396 e. The molecule has 0 saturated heterocycles. The predicted octanol–water partition coefficient (Wildman–Crippen LogP) is 4.93. The smallest absolute Gasteiger partial charge is 0.209 e. The fraction of sp³-hybridized carbons (Fsp3) is 0.250. The molecule has 4 aromatic rings. The fourth-order valence-corrected chi connectivity index (χ4v) is 4.21. The summed E-state index contributed by atoms with van der Waals surface area (Å²) < 4.78 is 2.94. The molecule has 8 heteroatoms. The number of aryl methyl sites for hydroxylation is 1. The van der Waals surface area contributed by atoms with E-state index in [0.29, 0.717) is 35.8 Å². The van der Waals surface area contributed by atoms with Gasteiger partial charge < -0.3 is 15.0 Å². The first-order chi connectivity index (χ1) is 13.5. The third-order valence-corrected chi connectivity index (χ3v) is 5.75. The zero-order chi connectivity index (χ0) is 19.7. The summed E-state index contributed by atoms with van der Waals surface area (Å²) in [7, 11) is 1.92. The van der Waals surface area contributed by atoms with Gasteiger partial charge in [-0.05, 0) is 49.2 Å². The van der Waals surface area contributed by atoms with Crippen LogP contribution >= 0.6 is 22.9 Å². The summed E-state index contributed by atoms with van der Waals surface area (Å²) in [5.74, 6) is 0.726. The Morgan fingerprint density at radius 1 is 1.18 bits per heavy atom. The second-order valence-electron chi connectivity index (χ2n) is 6.56. The van der Waals surface area contributed by atoms with E-state index in [1.165, 1.54) is 11.3 Å². The minimum Gasteiger partial charge on any atom is -0.396 e. The van der Waals surface area contributed by atoms with E-state index >= 15 is 0 Å². The molecule has 2 N–H and O–H groups in total. The summed E-state index contributed by atoms with van der Waals surface area (Å²) in [6, 6.07) is 11.2. The van der Waals surface area contributed by atoms with Crippen LogP contribution in [0.1, 0.15) is 29.6 Å². The first-order valence-electron chi connectivity index (χ1n) is 8.99. The number of aliphatic hydroxyl groups is 1. The molecular formula is C20H19ClN4O2S. The summed E-state index contributed by atoms with van der Waals surface area (Å²) in [6.07, 6.45) is 1.75. The zero-order valence-corrected chi connectivity index (χ0v) is 16.8. The molecule has 28 heavy (non-hydrogen) atoms. The molecule has 144 valence electrons. The SMILES string of the molecule is Cn1c(Nc2nc3ccc(Cl)cc3s2)nc2cc(C(=O)CCCCO)ccc21. The van der Waals surface area contributed by atoms with Crippen molar-refractivity contribution in [1.29, 1.82) is 0 Å². The van der Waals surface area contributed by atoms with E-state index < -0.39 is 0 Å². The summed E-state index contributed by atoms with van der Waals surface area (Å²) >= 11 is 7.56. The number of unbranched alkanes of at least 4 members (excludes halogenated alkanes) is 1. The van der Waals surface area contributed by atoms with Crippen LogP contribution in [0.2, 0.25) is 5.02 Å². The second-order valence-corrected chi connectivity index (χ2v) is 8.02. The lowest BCUT2D eigenvalue weighted by Gasteiger charge is -2.03. The number of nitrogens with zero attached hydrogens (tertiary/aromatic N) is 3. The number of hydrogen-bond acceptors (Lipinski definition) is 6. The minimum atomic E-state index is 0.0681. The third-order valence-electron chi connectivity index (χ3n) is 4.58. The maximum atomic E-state index is 12.3. The van der Waals surface area contributed by atoms with Gasteiger partial charge in [-0.25, -0.2) is 9.97 Å². The zero-order valence-electron chi connectivity index (χ0n) is 15.3. The van der Waals surface area contributed by atoms with E-state index in [9.17, 15) is 4.79 Å². The molecule has 0 radical (unpaired) electrons. The molecular weight excluding hydrogens is 396 g/mol. The van der Waals surface area contributed by atoms with Gasteiger partial charge in [0, 0.05) is 30.7 Å². The molecule has 0 fully saturated rings. The molecule has 2 aromatic heterocycles. The summed E-state index contributed by atoms with van der Waals surface area (Å²) in [5, 5.41) is 13.5. The number of halogens is 1. The molecule has 4 rings (SSSR count). The molecule has 0 saturated carbocycles. The van der Waals surface area contributed by atoms with E-state index in [4.69, 9.17) is 16.7 Å². The van der Waals surface area contributed by atoms with Crippen molar-refractivity contribution in [3.8, 4) is 0 Å². The average Bonchev–Trinajstić information content (AvgIpc) is 3.21. The third kappa shape index (κ3) is 3.73. The Morgan fingerprint density at radius 3 is 2.86 bits per heavy atom. The van der Waals surface area contributed by atoms with Crippen LogP contribution in [0, 0.1) is 0 Å². The van der Waals surface area contributed by atoms with E-state index in [0.717, 1.165) is 26.4 Å². The monoisotopic (exact) mass is 414 g/mol. The Kier molecular flexibility index (Phi) is 5.30. The van der Waals surface area contributed by atoms with Gasteiger partial charge in [-0.15, -0.1) is 0 Å². The molecule has 0 aliphatic rings. The summed E-state index contributed by atoms with van der Waals surface area (Å²) in [6.45, 7) is 0.111. The molecule has 6 nitrogen and oxygen atoms in total. The number of Topliss-reactive ketones (excluding diaryl/α,β-unsaturated/α-hetero) is 1. The number of hydrogen-bond donors (Lipinski definition) is 2. The summed E-state index contributed by atoms with van der Waals surface area (Å²) in [4.78, 5) is 21.5. The van der Waals surface area contributed by atoms with E-state index in [2.05, 4.69) is 15.3 Å². The number of rotatable bonds is 7. The lowest BCUT2D eigenvalue weighted by atomic mass is 10.1. The van der Waals surface area contributed by atoms with Gasteiger partial charge in [0.15, 0.2) is 10.9 Å². The normalized spacial score (nSPS) is 11.4.